The zero-order valence-corrected chi connectivity index (χ0v) is 8.38. The molecule has 0 aromatic carbocycles. The van der Waals surface area contributed by atoms with Crippen molar-refractivity contribution in [3.8, 4) is 6.07 Å². The minimum Gasteiger partial charge on any atom is -0.502 e. The van der Waals surface area contributed by atoms with Gasteiger partial charge in [0.1, 0.15) is 0 Å². The molecule has 0 aromatic heterocycles. The first kappa shape index (κ1) is 13.8. The van der Waals surface area contributed by atoms with Crippen LogP contribution in [0.25, 0.3) is 0 Å². The smallest absolute Gasteiger partial charge is 0.422 e. The highest BCUT2D eigenvalue weighted by Crippen LogP contribution is 2.37. The average molecular weight is 223 g/mol. The Balaban J connectivity index is 4.98. The largest absolute Gasteiger partial charge is 0.502 e. The van der Waals surface area contributed by atoms with Crippen molar-refractivity contribution in [2.75, 3.05) is 6.61 Å². The van der Waals surface area contributed by atoms with Crippen LogP contribution in [-0.2, 0) is 4.74 Å². The summed E-state index contributed by atoms with van der Waals surface area (Å²) in [6.07, 6.45) is -3.71. The molecule has 0 saturated carbocycles. The molecule has 15 heavy (non-hydrogen) atoms. The third-order valence-corrected chi connectivity index (χ3v) is 1.89. The van der Waals surface area contributed by atoms with Crippen molar-refractivity contribution in [3.05, 3.63) is 12.3 Å². The van der Waals surface area contributed by atoms with Crippen molar-refractivity contribution in [1.29, 1.82) is 5.26 Å². The summed E-state index contributed by atoms with van der Waals surface area (Å²) in [7, 11) is 0. The number of hydrogen-bond donors (Lipinski definition) is 1. The third-order valence-electron chi connectivity index (χ3n) is 1.89. The molecule has 0 heterocycles. The fraction of sp³-hybridized carbons (Fsp3) is 0.667. The Bertz CT molecular complexity index is 270. The van der Waals surface area contributed by atoms with Gasteiger partial charge in [-0.1, -0.05) is 0 Å². The summed E-state index contributed by atoms with van der Waals surface area (Å²) in [5.74, 6) is -1.60. The molecule has 0 aliphatic carbocycles. The number of hydrogen-bond acceptors (Lipinski definition) is 3. The Kier molecular flexibility index (Phi) is 4.62. The van der Waals surface area contributed by atoms with E-state index in [4.69, 9.17) is 5.26 Å². The molecule has 3 nitrogen and oxygen atoms in total. The molecule has 0 aromatic rings. The molecule has 2 unspecified atom stereocenters. The lowest BCUT2D eigenvalue weighted by Gasteiger charge is -2.29. The second kappa shape index (κ2) is 5.03. The molecule has 0 spiro atoms. The molecule has 0 bridgehead atoms. The number of aliphatic hydroxyl groups is 1. The molecule has 2 atom stereocenters. The Morgan fingerprint density at radius 3 is 2.40 bits per heavy atom. The van der Waals surface area contributed by atoms with Gasteiger partial charge < -0.3 is 9.84 Å². The lowest BCUT2D eigenvalue weighted by atomic mass is 9.89. The lowest BCUT2D eigenvalue weighted by Crippen LogP contribution is -2.48. The number of rotatable bonds is 4. The number of halogens is 3. The molecule has 0 aliphatic rings. The standard InChI is InChI=1S/C9H12F3NO2/c1-3-15-5-4-8(14,7(2)6-13)9(10,11)12/h4-5,7,14H,3H2,1-2H3. The van der Waals surface area contributed by atoms with Crippen LogP contribution >= 0.6 is 0 Å². The minimum atomic E-state index is -4.91. The van der Waals surface area contributed by atoms with Gasteiger partial charge in [-0.05, 0) is 19.9 Å². The van der Waals surface area contributed by atoms with Crippen LogP contribution in [0, 0.1) is 17.2 Å². The van der Waals surface area contributed by atoms with E-state index in [-0.39, 0.29) is 6.61 Å². The van der Waals surface area contributed by atoms with Crippen LogP contribution in [0.4, 0.5) is 13.2 Å². The first-order valence-corrected chi connectivity index (χ1v) is 4.27. The summed E-state index contributed by atoms with van der Waals surface area (Å²) in [4.78, 5) is 0. The van der Waals surface area contributed by atoms with E-state index in [1.807, 2.05) is 0 Å². The van der Waals surface area contributed by atoms with E-state index < -0.39 is 17.7 Å². The lowest BCUT2D eigenvalue weighted by molar-refractivity contribution is -0.250. The van der Waals surface area contributed by atoms with Crippen LogP contribution in [-0.4, -0.2) is 23.5 Å². The van der Waals surface area contributed by atoms with Crippen LogP contribution < -0.4 is 0 Å². The van der Waals surface area contributed by atoms with Gasteiger partial charge in [0.2, 0.25) is 0 Å². The van der Waals surface area contributed by atoms with Crippen molar-refractivity contribution < 1.29 is 23.0 Å². The second-order valence-electron chi connectivity index (χ2n) is 2.93. The summed E-state index contributed by atoms with van der Waals surface area (Å²) >= 11 is 0. The van der Waals surface area contributed by atoms with E-state index in [0.29, 0.717) is 6.08 Å². The topological polar surface area (TPSA) is 53.2 Å². The SMILES string of the molecule is CCOC=CC(O)(C(C)C#N)C(F)(F)F. The van der Waals surface area contributed by atoms with E-state index in [1.165, 1.54) is 6.07 Å². The first-order chi connectivity index (χ1) is 6.79. The minimum absolute atomic E-state index is 0.186. The van der Waals surface area contributed by atoms with Crippen LogP contribution in [0.2, 0.25) is 0 Å². The van der Waals surface area contributed by atoms with E-state index in [9.17, 15) is 18.3 Å². The van der Waals surface area contributed by atoms with Gasteiger partial charge in [0.25, 0.3) is 0 Å². The maximum absolute atomic E-state index is 12.5. The first-order valence-electron chi connectivity index (χ1n) is 4.27. The Labute approximate surface area is 85.8 Å². The number of ether oxygens (including phenoxy) is 1. The molecule has 86 valence electrons. The van der Waals surface area contributed by atoms with Crippen LogP contribution in [0.3, 0.4) is 0 Å². The van der Waals surface area contributed by atoms with E-state index in [2.05, 4.69) is 4.74 Å². The van der Waals surface area contributed by atoms with Gasteiger partial charge in [0, 0.05) is 0 Å². The zero-order chi connectivity index (χ0) is 12.1. The molecule has 0 amide bonds. The molecule has 0 saturated heterocycles. The number of alkyl halides is 3. The zero-order valence-electron chi connectivity index (χ0n) is 8.38. The van der Waals surface area contributed by atoms with Crippen molar-refractivity contribution in [2.45, 2.75) is 25.6 Å². The van der Waals surface area contributed by atoms with Crippen LogP contribution in [0.5, 0.6) is 0 Å². The van der Waals surface area contributed by atoms with Gasteiger partial charge in [0.05, 0.1) is 24.9 Å². The van der Waals surface area contributed by atoms with Gasteiger partial charge in [-0.3, -0.25) is 0 Å². The van der Waals surface area contributed by atoms with Crippen LogP contribution in [0.15, 0.2) is 12.3 Å². The van der Waals surface area contributed by atoms with E-state index in [1.54, 1.807) is 6.92 Å². The van der Waals surface area contributed by atoms with Crippen molar-refractivity contribution >= 4 is 0 Å². The Morgan fingerprint density at radius 1 is 1.53 bits per heavy atom. The number of nitriles is 1. The Morgan fingerprint density at radius 2 is 2.07 bits per heavy atom. The molecule has 0 aliphatic heterocycles. The van der Waals surface area contributed by atoms with Crippen molar-refractivity contribution in [1.82, 2.24) is 0 Å². The quantitative estimate of drug-likeness (QED) is 0.741. The molecule has 0 rings (SSSR count). The van der Waals surface area contributed by atoms with Crippen molar-refractivity contribution in [2.24, 2.45) is 5.92 Å². The summed E-state index contributed by atoms with van der Waals surface area (Å²) < 4.78 is 42.0. The maximum Gasteiger partial charge on any atom is 0.422 e. The van der Waals surface area contributed by atoms with E-state index >= 15 is 0 Å². The highest BCUT2D eigenvalue weighted by atomic mass is 19.4. The predicted molar refractivity (Wildman–Crippen MR) is 46.5 cm³/mol. The van der Waals surface area contributed by atoms with Gasteiger partial charge >= 0.3 is 6.18 Å². The highest BCUT2D eigenvalue weighted by molar-refractivity contribution is 5.12. The average Bonchev–Trinajstić information content (AvgIpc) is 2.15. The summed E-state index contributed by atoms with van der Waals surface area (Å²) in [5.41, 5.74) is -3.17. The fourth-order valence-electron chi connectivity index (χ4n) is 0.831. The second-order valence-corrected chi connectivity index (χ2v) is 2.93. The molecular weight excluding hydrogens is 211 g/mol. The van der Waals surface area contributed by atoms with Gasteiger partial charge in [-0.2, -0.15) is 18.4 Å². The molecular formula is C9H12F3NO2. The third kappa shape index (κ3) is 3.13. The molecule has 6 heteroatoms. The van der Waals surface area contributed by atoms with Gasteiger partial charge in [-0.15, -0.1) is 0 Å². The van der Waals surface area contributed by atoms with Crippen molar-refractivity contribution in [3.63, 3.8) is 0 Å². The molecule has 0 fully saturated rings. The van der Waals surface area contributed by atoms with Crippen LogP contribution in [0.1, 0.15) is 13.8 Å². The molecule has 1 N–H and O–H groups in total. The maximum atomic E-state index is 12.5. The van der Waals surface area contributed by atoms with Gasteiger partial charge in [0.15, 0.2) is 5.60 Å². The Hall–Kier alpha value is -1.22. The summed E-state index contributed by atoms with van der Waals surface area (Å²) in [5, 5.41) is 17.7. The summed E-state index contributed by atoms with van der Waals surface area (Å²) in [6.45, 7) is 2.76. The fourth-order valence-corrected chi connectivity index (χ4v) is 0.831. The predicted octanol–water partition coefficient (Wildman–Crippen LogP) is 1.99. The summed E-state index contributed by atoms with van der Waals surface area (Å²) in [6, 6.07) is 1.36. The molecule has 0 radical (unpaired) electrons. The highest BCUT2D eigenvalue weighted by Gasteiger charge is 2.56. The normalized spacial score (nSPS) is 18.2. The van der Waals surface area contributed by atoms with Gasteiger partial charge in [-0.25, -0.2) is 0 Å². The van der Waals surface area contributed by atoms with E-state index in [0.717, 1.165) is 13.2 Å². The number of nitrogens with zero attached hydrogens (tertiary/aromatic N) is 1. The monoisotopic (exact) mass is 223 g/mol.